The highest BCUT2D eigenvalue weighted by atomic mass is 19.1. The Hall–Kier alpha value is -2.00. The first-order chi connectivity index (χ1) is 12.7. The van der Waals surface area contributed by atoms with Crippen molar-refractivity contribution in [3.05, 3.63) is 29.8 Å². The Balaban J connectivity index is 1.87. The second-order valence-corrected chi connectivity index (χ2v) is 7.28. The number of nitrogens with zero attached hydrogens (tertiary/aromatic N) is 1. The molecule has 0 radical (unpaired) electrons. The van der Waals surface area contributed by atoms with Crippen molar-refractivity contribution < 1.29 is 28.4 Å². The third-order valence-electron chi connectivity index (χ3n) is 4.64. The Morgan fingerprint density at radius 1 is 1.30 bits per heavy atom. The summed E-state index contributed by atoms with van der Waals surface area (Å²) in [7, 11) is -1.67. The van der Waals surface area contributed by atoms with E-state index in [4.69, 9.17) is 0 Å². The third-order valence-corrected chi connectivity index (χ3v) is 4.64. The van der Waals surface area contributed by atoms with Crippen LogP contribution in [-0.2, 0) is 9.59 Å². The van der Waals surface area contributed by atoms with Crippen LogP contribution >= 0.6 is 0 Å². The van der Waals surface area contributed by atoms with Gasteiger partial charge in [0.2, 0.25) is 5.91 Å². The van der Waals surface area contributed by atoms with E-state index in [9.17, 15) is 28.4 Å². The minimum Gasteiger partial charge on any atom is -0.426 e. The lowest BCUT2D eigenvalue weighted by Gasteiger charge is -2.42. The van der Waals surface area contributed by atoms with E-state index in [0.717, 1.165) is 12.1 Å². The average molecular weight is 382 g/mol. The Morgan fingerprint density at radius 3 is 2.52 bits per heavy atom. The first kappa shape index (κ1) is 21.3. The van der Waals surface area contributed by atoms with Gasteiger partial charge in [-0.05, 0) is 30.9 Å². The number of halogens is 2. The van der Waals surface area contributed by atoms with Gasteiger partial charge in [0.15, 0.2) is 5.78 Å². The van der Waals surface area contributed by atoms with Gasteiger partial charge in [-0.2, -0.15) is 0 Å². The first-order valence-electron chi connectivity index (χ1n) is 9.09. The number of benzene rings is 1. The Kier molecular flexibility index (Phi) is 7.32. The third kappa shape index (κ3) is 5.74. The van der Waals surface area contributed by atoms with Crippen LogP contribution < -0.4 is 10.2 Å². The molecule has 1 saturated heterocycles. The van der Waals surface area contributed by atoms with Crippen molar-refractivity contribution >= 4 is 24.5 Å². The molecular formula is C18H25BF2N2O4. The summed E-state index contributed by atoms with van der Waals surface area (Å²) >= 11 is 0. The van der Waals surface area contributed by atoms with E-state index in [0.29, 0.717) is 19.4 Å². The van der Waals surface area contributed by atoms with Crippen LogP contribution in [0.1, 0.15) is 39.5 Å². The summed E-state index contributed by atoms with van der Waals surface area (Å²) in [5.41, 5.74) is 0.172. The zero-order chi connectivity index (χ0) is 20.1. The van der Waals surface area contributed by atoms with Gasteiger partial charge in [-0.15, -0.1) is 0 Å². The summed E-state index contributed by atoms with van der Waals surface area (Å²) in [6, 6.07) is 2.68. The number of hydrogen-bond donors (Lipinski definition) is 3. The van der Waals surface area contributed by atoms with Gasteiger partial charge in [0.1, 0.15) is 11.6 Å². The number of Topliss-reactive ketones (excluding diaryl/α,β-unsaturated/α-hetero) is 1. The number of carbonyl (C=O) groups is 2. The molecule has 3 N–H and O–H groups in total. The molecule has 27 heavy (non-hydrogen) atoms. The highest BCUT2D eigenvalue weighted by Gasteiger charge is 2.35. The summed E-state index contributed by atoms with van der Waals surface area (Å²) in [6.07, 6.45) is 0.822. The number of anilines is 1. The second-order valence-electron chi connectivity index (χ2n) is 7.28. The quantitative estimate of drug-likeness (QED) is 0.563. The molecule has 9 heteroatoms. The van der Waals surface area contributed by atoms with Gasteiger partial charge in [-0.3, -0.25) is 9.59 Å². The summed E-state index contributed by atoms with van der Waals surface area (Å²) in [6.45, 7) is 4.27. The predicted octanol–water partition coefficient (Wildman–Crippen LogP) is 1.44. The van der Waals surface area contributed by atoms with Crippen molar-refractivity contribution in [1.82, 2.24) is 5.32 Å². The van der Waals surface area contributed by atoms with Gasteiger partial charge in [-0.25, -0.2) is 8.78 Å². The molecule has 1 aromatic carbocycles. The van der Waals surface area contributed by atoms with Crippen molar-refractivity contribution in [2.75, 3.05) is 11.4 Å². The Labute approximate surface area is 157 Å². The molecule has 1 aliphatic rings. The molecule has 148 valence electrons. The topological polar surface area (TPSA) is 89.9 Å². The average Bonchev–Trinajstić information content (AvgIpc) is 2.53. The van der Waals surface area contributed by atoms with Gasteiger partial charge in [0, 0.05) is 25.5 Å². The molecule has 1 amide bonds. The van der Waals surface area contributed by atoms with Crippen molar-refractivity contribution in [2.45, 2.75) is 51.5 Å². The predicted molar refractivity (Wildman–Crippen MR) is 97.9 cm³/mol. The SMILES string of the molecule is CC(C)CC(NC(=O)CCC(=O)C1CCN1c1ccc(F)cc1F)B(O)O. The minimum atomic E-state index is -1.67. The maximum Gasteiger partial charge on any atom is 0.475 e. The molecule has 2 atom stereocenters. The van der Waals surface area contributed by atoms with Crippen LogP contribution in [0.4, 0.5) is 14.5 Å². The van der Waals surface area contributed by atoms with Gasteiger partial charge < -0.3 is 20.3 Å². The number of nitrogens with one attached hydrogen (secondary N) is 1. The molecule has 1 heterocycles. The number of rotatable bonds is 9. The molecule has 1 aromatic rings. The fourth-order valence-electron chi connectivity index (χ4n) is 3.17. The van der Waals surface area contributed by atoms with Crippen molar-refractivity contribution in [2.24, 2.45) is 5.92 Å². The lowest BCUT2D eigenvalue weighted by molar-refractivity contribution is -0.126. The summed E-state index contributed by atoms with van der Waals surface area (Å²) in [4.78, 5) is 26.0. The second kappa shape index (κ2) is 9.28. The van der Waals surface area contributed by atoms with E-state index in [1.807, 2.05) is 13.8 Å². The van der Waals surface area contributed by atoms with Crippen LogP contribution in [0, 0.1) is 17.6 Å². The number of ketones is 1. The van der Waals surface area contributed by atoms with Gasteiger partial charge in [0.05, 0.1) is 17.7 Å². The van der Waals surface area contributed by atoms with E-state index in [2.05, 4.69) is 5.32 Å². The zero-order valence-corrected chi connectivity index (χ0v) is 15.5. The van der Waals surface area contributed by atoms with Gasteiger partial charge >= 0.3 is 7.12 Å². The van der Waals surface area contributed by atoms with E-state index < -0.39 is 36.6 Å². The van der Waals surface area contributed by atoms with E-state index in [1.165, 1.54) is 6.07 Å². The fraction of sp³-hybridized carbons (Fsp3) is 0.556. The maximum atomic E-state index is 13.9. The van der Waals surface area contributed by atoms with Crippen molar-refractivity contribution in [3.63, 3.8) is 0 Å². The molecule has 1 fully saturated rings. The first-order valence-corrected chi connectivity index (χ1v) is 9.09. The number of carbonyl (C=O) groups excluding carboxylic acids is 2. The van der Waals surface area contributed by atoms with Crippen molar-refractivity contribution in [1.29, 1.82) is 0 Å². The molecule has 1 aliphatic heterocycles. The van der Waals surface area contributed by atoms with E-state index >= 15 is 0 Å². The summed E-state index contributed by atoms with van der Waals surface area (Å²) in [5.74, 6) is -2.68. The number of hydrogen-bond acceptors (Lipinski definition) is 5. The number of amides is 1. The molecule has 0 saturated carbocycles. The molecule has 0 bridgehead atoms. The molecule has 6 nitrogen and oxygen atoms in total. The van der Waals surface area contributed by atoms with Crippen LogP contribution in [0.2, 0.25) is 0 Å². The van der Waals surface area contributed by atoms with Crippen LogP contribution in [-0.4, -0.2) is 47.4 Å². The van der Waals surface area contributed by atoms with Gasteiger partial charge in [0.25, 0.3) is 0 Å². The Morgan fingerprint density at radius 2 is 2.00 bits per heavy atom. The summed E-state index contributed by atoms with van der Waals surface area (Å²) < 4.78 is 26.9. The standard InChI is InChI=1S/C18H25BF2N2O4/c1-11(2)9-17(19(26)27)22-18(25)6-5-16(24)15-7-8-23(15)14-4-3-12(20)10-13(14)21/h3-4,10-11,15,17,26-27H,5-9H2,1-2H3,(H,22,25). The minimum absolute atomic E-state index is 0.0360. The van der Waals surface area contributed by atoms with Crippen LogP contribution in [0.5, 0.6) is 0 Å². The molecule has 2 rings (SSSR count). The van der Waals surface area contributed by atoms with Crippen molar-refractivity contribution in [3.8, 4) is 0 Å². The summed E-state index contributed by atoms with van der Waals surface area (Å²) in [5, 5.41) is 21.2. The van der Waals surface area contributed by atoms with Crippen LogP contribution in [0.15, 0.2) is 18.2 Å². The fourth-order valence-corrected chi connectivity index (χ4v) is 3.17. The zero-order valence-electron chi connectivity index (χ0n) is 15.5. The molecule has 0 aromatic heterocycles. The van der Waals surface area contributed by atoms with Crippen LogP contribution in [0.3, 0.4) is 0 Å². The smallest absolute Gasteiger partial charge is 0.426 e. The molecule has 0 aliphatic carbocycles. The molecule has 0 spiro atoms. The van der Waals surface area contributed by atoms with E-state index in [1.54, 1.807) is 4.90 Å². The monoisotopic (exact) mass is 382 g/mol. The maximum absolute atomic E-state index is 13.9. The normalized spacial score (nSPS) is 17.4. The Bertz CT molecular complexity index is 687. The highest BCUT2D eigenvalue weighted by molar-refractivity contribution is 6.43. The molecule has 2 unspecified atom stereocenters. The highest BCUT2D eigenvalue weighted by Crippen LogP contribution is 2.30. The van der Waals surface area contributed by atoms with Crippen LogP contribution in [0.25, 0.3) is 0 Å². The molecular weight excluding hydrogens is 357 g/mol. The largest absolute Gasteiger partial charge is 0.475 e. The lowest BCUT2D eigenvalue weighted by atomic mass is 9.75. The van der Waals surface area contributed by atoms with Gasteiger partial charge in [-0.1, -0.05) is 13.8 Å². The van der Waals surface area contributed by atoms with E-state index in [-0.39, 0.29) is 30.2 Å². The lowest BCUT2D eigenvalue weighted by Crippen LogP contribution is -2.53.